The van der Waals surface area contributed by atoms with Gasteiger partial charge in [-0.15, -0.1) is 0 Å². The van der Waals surface area contributed by atoms with Crippen LogP contribution in [-0.2, 0) is 0 Å². The van der Waals surface area contributed by atoms with Crippen molar-refractivity contribution < 1.29 is 9.90 Å². The van der Waals surface area contributed by atoms with Crippen molar-refractivity contribution in [3.05, 3.63) is 70.2 Å². The summed E-state index contributed by atoms with van der Waals surface area (Å²) in [5.41, 5.74) is 2.08. The lowest BCUT2D eigenvalue weighted by molar-refractivity contribution is 0.0697. The number of halogens is 1. The van der Waals surface area contributed by atoms with Crippen molar-refractivity contribution in [3.63, 3.8) is 0 Å². The Balaban J connectivity index is 2.32. The van der Waals surface area contributed by atoms with Gasteiger partial charge >= 0.3 is 5.97 Å². The van der Waals surface area contributed by atoms with Gasteiger partial charge in [0.15, 0.2) is 0 Å². The van der Waals surface area contributed by atoms with E-state index in [2.05, 4.69) is 12.6 Å². The molecular weight excluding hydrogens is 268 g/mol. The topological polar surface area (TPSA) is 37.3 Å². The standard InChI is InChI=1S/C14H11ClO2S/c15-12-4-2-1-3-11(12)13(18)9-5-7-10(8-6-9)14(16)17/h1-8,13,18H,(H,16,17). The van der Waals surface area contributed by atoms with Gasteiger partial charge in [-0.3, -0.25) is 0 Å². The van der Waals surface area contributed by atoms with Crippen molar-refractivity contribution in [2.75, 3.05) is 0 Å². The maximum Gasteiger partial charge on any atom is 0.335 e. The molecule has 1 atom stereocenters. The van der Waals surface area contributed by atoms with Crippen LogP contribution in [0.2, 0.25) is 5.02 Å². The number of rotatable bonds is 3. The first-order valence-corrected chi connectivity index (χ1v) is 6.25. The monoisotopic (exact) mass is 278 g/mol. The minimum Gasteiger partial charge on any atom is -0.478 e. The Bertz CT molecular complexity index is 566. The Morgan fingerprint density at radius 3 is 2.28 bits per heavy atom. The minimum atomic E-state index is -0.935. The molecule has 0 bridgehead atoms. The van der Waals surface area contributed by atoms with Crippen molar-refractivity contribution in [2.24, 2.45) is 0 Å². The largest absolute Gasteiger partial charge is 0.478 e. The predicted molar refractivity (Wildman–Crippen MR) is 75.7 cm³/mol. The average Bonchev–Trinajstić information content (AvgIpc) is 2.38. The van der Waals surface area contributed by atoms with E-state index in [0.717, 1.165) is 11.1 Å². The lowest BCUT2D eigenvalue weighted by atomic mass is 10.0. The van der Waals surface area contributed by atoms with Crippen LogP contribution in [0.1, 0.15) is 26.7 Å². The van der Waals surface area contributed by atoms with Gasteiger partial charge in [0.25, 0.3) is 0 Å². The molecule has 2 nitrogen and oxygen atoms in total. The number of carboxylic acids is 1. The van der Waals surface area contributed by atoms with Crippen LogP contribution in [0, 0.1) is 0 Å². The highest BCUT2D eigenvalue weighted by Crippen LogP contribution is 2.32. The van der Waals surface area contributed by atoms with Crippen LogP contribution in [0.5, 0.6) is 0 Å². The third-order valence-electron chi connectivity index (χ3n) is 2.67. The zero-order valence-corrected chi connectivity index (χ0v) is 11.0. The number of thiol groups is 1. The molecular formula is C14H11ClO2S. The number of carbonyl (C=O) groups is 1. The van der Waals surface area contributed by atoms with Gasteiger partial charge in [0.1, 0.15) is 0 Å². The molecule has 92 valence electrons. The van der Waals surface area contributed by atoms with Crippen molar-refractivity contribution in [1.82, 2.24) is 0 Å². The van der Waals surface area contributed by atoms with Gasteiger partial charge in [-0.25, -0.2) is 4.79 Å². The van der Waals surface area contributed by atoms with Crippen LogP contribution in [-0.4, -0.2) is 11.1 Å². The van der Waals surface area contributed by atoms with Crippen molar-refractivity contribution >= 4 is 30.2 Å². The highest BCUT2D eigenvalue weighted by molar-refractivity contribution is 7.80. The highest BCUT2D eigenvalue weighted by atomic mass is 35.5. The Morgan fingerprint density at radius 1 is 1.11 bits per heavy atom. The summed E-state index contributed by atoms with van der Waals surface area (Å²) in [4.78, 5) is 10.8. The molecule has 1 unspecified atom stereocenters. The third-order valence-corrected chi connectivity index (χ3v) is 3.59. The molecule has 0 fully saturated rings. The molecule has 4 heteroatoms. The molecule has 18 heavy (non-hydrogen) atoms. The van der Waals surface area contributed by atoms with Crippen molar-refractivity contribution in [3.8, 4) is 0 Å². The quantitative estimate of drug-likeness (QED) is 0.831. The van der Waals surface area contributed by atoms with E-state index in [1.807, 2.05) is 24.3 Å². The van der Waals surface area contributed by atoms with E-state index in [1.54, 1.807) is 24.3 Å². The van der Waals surface area contributed by atoms with Crippen LogP contribution in [0.25, 0.3) is 0 Å². The molecule has 0 amide bonds. The first-order chi connectivity index (χ1) is 8.59. The maximum absolute atomic E-state index is 10.8. The second kappa shape index (κ2) is 5.46. The molecule has 0 heterocycles. The first-order valence-electron chi connectivity index (χ1n) is 5.35. The fourth-order valence-electron chi connectivity index (χ4n) is 1.68. The summed E-state index contributed by atoms with van der Waals surface area (Å²) in [6.07, 6.45) is 0. The summed E-state index contributed by atoms with van der Waals surface area (Å²) in [6, 6.07) is 14.1. The molecule has 0 aliphatic carbocycles. The zero-order chi connectivity index (χ0) is 13.1. The predicted octanol–water partition coefficient (Wildman–Crippen LogP) is 4.06. The summed E-state index contributed by atoms with van der Waals surface area (Å²) < 4.78 is 0. The molecule has 0 aliphatic heterocycles. The number of carboxylic acid groups (broad SMARTS) is 1. The van der Waals surface area contributed by atoms with Gasteiger partial charge in [-0.05, 0) is 29.3 Å². The average molecular weight is 279 g/mol. The van der Waals surface area contributed by atoms with Gasteiger partial charge in [0.05, 0.1) is 10.8 Å². The summed E-state index contributed by atoms with van der Waals surface area (Å²) in [5.74, 6) is -0.935. The lowest BCUT2D eigenvalue weighted by Crippen LogP contribution is -1.98. The number of hydrogen-bond acceptors (Lipinski definition) is 2. The number of benzene rings is 2. The van der Waals surface area contributed by atoms with Crippen molar-refractivity contribution in [1.29, 1.82) is 0 Å². The van der Waals surface area contributed by atoms with E-state index in [9.17, 15) is 4.79 Å². The molecule has 0 saturated carbocycles. The Kier molecular flexibility index (Phi) is 3.94. The third kappa shape index (κ3) is 2.68. The van der Waals surface area contributed by atoms with E-state index < -0.39 is 5.97 Å². The fourth-order valence-corrected chi connectivity index (χ4v) is 2.40. The van der Waals surface area contributed by atoms with Crippen LogP contribution in [0.15, 0.2) is 48.5 Å². The summed E-state index contributed by atoms with van der Waals surface area (Å²) in [7, 11) is 0. The van der Waals surface area contributed by atoms with E-state index >= 15 is 0 Å². The van der Waals surface area contributed by atoms with E-state index in [1.165, 1.54) is 0 Å². The van der Waals surface area contributed by atoms with Gasteiger partial charge < -0.3 is 5.11 Å². The normalized spacial score (nSPS) is 12.1. The van der Waals surface area contributed by atoms with Crippen LogP contribution in [0.4, 0.5) is 0 Å². The molecule has 0 spiro atoms. The summed E-state index contributed by atoms with van der Waals surface area (Å²) in [6.45, 7) is 0. The zero-order valence-electron chi connectivity index (χ0n) is 9.38. The smallest absolute Gasteiger partial charge is 0.335 e. The molecule has 2 aromatic rings. The second-order valence-corrected chi connectivity index (χ2v) is 4.77. The Labute approximate surface area is 116 Å². The molecule has 0 aliphatic rings. The van der Waals surface area contributed by atoms with E-state index in [-0.39, 0.29) is 10.8 Å². The molecule has 0 radical (unpaired) electrons. The van der Waals surface area contributed by atoms with Gasteiger partial charge in [0, 0.05) is 5.02 Å². The van der Waals surface area contributed by atoms with Crippen LogP contribution < -0.4 is 0 Å². The molecule has 2 rings (SSSR count). The van der Waals surface area contributed by atoms with E-state index in [4.69, 9.17) is 16.7 Å². The van der Waals surface area contributed by atoms with Crippen molar-refractivity contribution in [2.45, 2.75) is 5.25 Å². The SMILES string of the molecule is O=C(O)c1ccc(C(S)c2ccccc2Cl)cc1. The van der Waals surface area contributed by atoms with Crippen LogP contribution in [0.3, 0.4) is 0 Å². The Morgan fingerprint density at radius 2 is 1.72 bits per heavy atom. The summed E-state index contributed by atoms with van der Waals surface area (Å²) in [5, 5.41) is 9.32. The van der Waals surface area contributed by atoms with E-state index in [0.29, 0.717) is 5.02 Å². The lowest BCUT2D eigenvalue weighted by Gasteiger charge is -2.13. The molecule has 2 aromatic carbocycles. The van der Waals surface area contributed by atoms with Gasteiger partial charge in [-0.2, -0.15) is 12.6 Å². The van der Waals surface area contributed by atoms with Gasteiger partial charge in [0.2, 0.25) is 0 Å². The minimum absolute atomic E-state index is 0.165. The second-order valence-electron chi connectivity index (χ2n) is 3.85. The highest BCUT2D eigenvalue weighted by Gasteiger charge is 2.13. The number of aromatic carboxylic acids is 1. The maximum atomic E-state index is 10.8. The first kappa shape index (κ1) is 13.0. The number of hydrogen-bond donors (Lipinski definition) is 2. The fraction of sp³-hybridized carbons (Fsp3) is 0.0714. The van der Waals surface area contributed by atoms with Gasteiger partial charge in [-0.1, -0.05) is 41.9 Å². The molecule has 0 saturated heterocycles. The Hall–Kier alpha value is -1.45. The summed E-state index contributed by atoms with van der Waals surface area (Å²) >= 11 is 10.6. The molecule has 0 aromatic heterocycles. The molecule has 1 N–H and O–H groups in total. The van der Waals surface area contributed by atoms with Crippen LogP contribution >= 0.6 is 24.2 Å².